The molecule has 2 aromatic rings. The van der Waals surface area contributed by atoms with Crippen molar-refractivity contribution in [2.45, 2.75) is 10.7 Å². The lowest BCUT2D eigenvalue weighted by Crippen LogP contribution is -2.18. The van der Waals surface area contributed by atoms with Gasteiger partial charge >= 0.3 is 0 Å². The van der Waals surface area contributed by atoms with Crippen molar-refractivity contribution in [2.75, 3.05) is 25.6 Å². The van der Waals surface area contributed by atoms with Gasteiger partial charge in [0.25, 0.3) is 11.7 Å². The molecule has 0 aromatic heterocycles. The predicted octanol–water partition coefficient (Wildman–Crippen LogP) is 4.03. The number of carbonyl (C=O) groups is 1. The Balaban J connectivity index is 1.87. The first-order chi connectivity index (χ1) is 12.1. The first-order valence-corrected chi connectivity index (χ1v) is 8.29. The Labute approximate surface area is 147 Å². The van der Waals surface area contributed by atoms with Crippen LogP contribution in [0.2, 0.25) is 0 Å². The maximum absolute atomic E-state index is 12.7. The van der Waals surface area contributed by atoms with Crippen LogP contribution < -0.4 is 19.5 Å². The van der Waals surface area contributed by atoms with Crippen molar-refractivity contribution in [2.24, 2.45) is 0 Å². The second-order valence-electron chi connectivity index (χ2n) is 5.03. The third-order valence-electron chi connectivity index (χ3n) is 3.44. The summed E-state index contributed by atoms with van der Waals surface area (Å²) >= 11 is 0.375. The summed E-state index contributed by atoms with van der Waals surface area (Å²) in [6.07, 6.45) is 0. The molecule has 0 radical (unpaired) electrons. The second-order valence-corrected chi connectivity index (χ2v) is 6.06. The number of anilines is 1. The van der Waals surface area contributed by atoms with E-state index in [-0.39, 0.29) is 10.5 Å². The molecule has 3 rings (SSSR count). The maximum Gasteiger partial charge on any atom is 0.288 e. The number of halogens is 2. The van der Waals surface area contributed by atoms with Gasteiger partial charge < -0.3 is 19.5 Å². The molecule has 1 N–H and O–H groups in total. The van der Waals surface area contributed by atoms with Crippen molar-refractivity contribution in [3.05, 3.63) is 42.0 Å². The molecule has 1 heterocycles. The molecule has 8 heteroatoms. The van der Waals surface area contributed by atoms with Gasteiger partial charge in [0.2, 0.25) is 5.75 Å². The smallest absolute Gasteiger partial charge is 0.288 e. The summed E-state index contributed by atoms with van der Waals surface area (Å²) < 4.78 is 41.5. The van der Waals surface area contributed by atoms with Crippen molar-refractivity contribution < 1.29 is 27.8 Å². The number of benzene rings is 2. The molecule has 1 aliphatic heterocycles. The highest BCUT2D eigenvalue weighted by Crippen LogP contribution is 2.40. The standard InChI is InChI=1S/C17H15F2NO4S/c1-22-12-8-10(9-13-15(12)24-7-6-23-13)16(21)20-11-4-2-3-5-14(11)25-17(18)19/h2-5,8-9,17H,6-7H2,1H3,(H,20,21). The van der Waals surface area contributed by atoms with Crippen molar-refractivity contribution in [1.82, 2.24) is 0 Å². The van der Waals surface area contributed by atoms with Crippen LogP contribution in [0.25, 0.3) is 0 Å². The zero-order valence-corrected chi connectivity index (χ0v) is 14.1. The first-order valence-electron chi connectivity index (χ1n) is 7.41. The number of fused-ring (bicyclic) bond motifs is 1. The van der Waals surface area contributed by atoms with Crippen molar-refractivity contribution in [3.63, 3.8) is 0 Å². The Morgan fingerprint density at radius 2 is 2.00 bits per heavy atom. The number of hydrogen-bond acceptors (Lipinski definition) is 5. The highest BCUT2D eigenvalue weighted by molar-refractivity contribution is 7.99. The minimum atomic E-state index is -2.58. The minimum Gasteiger partial charge on any atom is -0.493 e. The van der Waals surface area contributed by atoms with Crippen LogP contribution in [-0.2, 0) is 0 Å². The van der Waals surface area contributed by atoms with E-state index in [0.29, 0.717) is 47.9 Å². The van der Waals surface area contributed by atoms with Crippen LogP contribution in [0.5, 0.6) is 17.2 Å². The Morgan fingerprint density at radius 3 is 2.76 bits per heavy atom. The lowest BCUT2D eigenvalue weighted by atomic mass is 10.1. The molecule has 0 saturated heterocycles. The number of methoxy groups -OCH3 is 1. The third kappa shape index (κ3) is 3.96. The molecule has 25 heavy (non-hydrogen) atoms. The molecule has 2 aromatic carbocycles. The SMILES string of the molecule is COc1cc(C(=O)Nc2ccccc2SC(F)F)cc2c1OCCO2. The van der Waals surface area contributed by atoms with Gasteiger partial charge in [-0.05, 0) is 24.3 Å². The van der Waals surface area contributed by atoms with E-state index in [4.69, 9.17) is 14.2 Å². The number of nitrogens with one attached hydrogen (secondary N) is 1. The molecule has 0 saturated carbocycles. The average molecular weight is 367 g/mol. The van der Waals surface area contributed by atoms with Crippen molar-refractivity contribution in [1.29, 1.82) is 0 Å². The van der Waals surface area contributed by atoms with Crippen LogP contribution in [-0.4, -0.2) is 32.0 Å². The molecule has 1 aliphatic rings. The highest BCUT2D eigenvalue weighted by atomic mass is 32.2. The second kappa shape index (κ2) is 7.60. The van der Waals surface area contributed by atoms with Gasteiger partial charge in [0, 0.05) is 10.5 Å². The maximum atomic E-state index is 12.7. The van der Waals surface area contributed by atoms with Gasteiger partial charge in [-0.2, -0.15) is 8.78 Å². The number of hydrogen-bond donors (Lipinski definition) is 1. The largest absolute Gasteiger partial charge is 0.493 e. The van der Waals surface area contributed by atoms with Crippen LogP contribution >= 0.6 is 11.8 Å². The molecule has 5 nitrogen and oxygen atoms in total. The summed E-state index contributed by atoms with van der Waals surface area (Å²) in [7, 11) is 1.46. The van der Waals surface area contributed by atoms with E-state index in [1.54, 1.807) is 18.2 Å². The number of carbonyl (C=O) groups excluding carboxylic acids is 1. The summed E-state index contributed by atoms with van der Waals surface area (Å²) in [4.78, 5) is 12.8. The van der Waals surface area contributed by atoms with Crippen LogP contribution in [0, 0.1) is 0 Å². The minimum absolute atomic E-state index is 0.276. The van der Waals surface area contributed by atoms with Crippen molar-refractivity contribution >= 4 is 23.4 Å². The van der Waals surface area contributed by atoms with Crippen LogP contribution in [0.4, 0.5) is 14.5 Å². The topological polar surface area (TPSA) is 56.8 Å². The number of ether oxygens (including phenoxy) is 3. The van der Waals surface area contributed by atoms with Crippen LogP contribution in [0.15, 0.2) is 41.3 Å². The number of alkyl halides is 2. The Hall–Kier alpha value is -2.48. The Morgan fingerprint density at radius 1 is 1.24 bits per heavy atom. The predicted molar refractivity (Wildman–Crippen MR) is 90.2 cm³/mol. The zero-order chi connectivity index (χ0) is 17.8. The molecule has 0 unspecified atom stereocenters. The summed E-state index contributed by atoms with van der Waals surface area (Å²) in [5.41, 5.74) is 0.588. The van der Waals surface area contributed by atoms with Gasteiger partial charge in [0.15, 0.2) is 11.5 Å². The highest BCUT2D eigenvalue weighted by Gasteiger charge is 2.21. The molecule has 0 bridgehead atoms. The summed E-state index contributed by atoms with van der Waals surface area (Å²) in [5, 5.41) is 2.65. The Bertz CT molecular complexity index is 768. The fourth-order valence-corrected chi connectivity index (χ4v) is 2.96. The number of thioether (sulfide) groups is 1. The first kappa shape index (κ1) is 17.3. The molecular formula is C17H15F2NO4S. The van der Waals surface area contributed by atoms with Crippen molar-refractivity contribution in [3.8, 4) is 17.2 Å². The van der Waals surface area contributed by atoms with Crippen LogP contribution in [0.3, 0.4) is 0 Å². The molecule has 0 fully saturated rings. The molecule has 0 atom stereocenters. The molecule has 0 spiro atoms. The number of amides is 1. The fourth-order valence-electron chi connectivity index (χ4n) is 2.37. The van der Waals surface area contributed by atoms with Gasteiger partial charge in [0.1, 0.15) is 13.2 Å². The lowest BCUT2D eigenvalue weighted by Gasteiger charge is -2.21. The molecule has 0 aliphatic carbocycles. The number of para-hydroxylation sites is 1. The Kier molecular flexibility index (Phi) is 5.28. The monoisotopic (exact) mass is 367 g/mol. The quantitative estimate of drug-likeness (QED) is 0.809. The van der Waals surface area contributed by atoms with Crippen LogP contribution in [0.1, 0.15) is 10.4 Å². The van der Waals surface area contributed by atoms with Gasteiger partial charge in [0.05, 0.1) is 12.8 Å². The van der Waals surface area contributed by atoms with E-state index in [1.807, 2.05) is 0 Å². The lowest BCUT2D eigenvalue weighted by molar-refractivity contribution is 0.102. The normalized spacial score (nSPS) is 12.8. The summed E-state index contributed by atoms with van der Waals surface area (Å²) in [6, 6.07) is 9.44. The van der Waals surface area contributed by atoms with Gasteiger partial charge in [-0.15, -0.1) is 0 Å². The number of rotatable bonds is 5. The van der Waals surface area contributed by atoms with Gasteiger partial charge in [-0.1, -0.05) is 23.9 Å². The van der Waals surface area contributed by atoms with E-state index in [1.165, 1.54) is 25.3 Å². The van der Waals surface area contributed by atoms with Gasteiger partial charge in [-0.25, -0.2) is 0 Å². The zero-order valence-electron chi connectivity index (χ0n) is 13.3. The molecule has 132 valence electrons. The molecular weight excluding hydrogens is 352 g/mol. The molecule has 1 amide bonds. The van der Waals surface area contributed by atoms with E-state index < -0.39 is 11.7 Å². The third-order valence-corrected chi connectivity index (χ3v) is 4.23. The van der Waals surface area contributed by atoms with E-state index in [0.717, 1.165) is 0 Å². The summed E-state index contributed by atoms with van der Waals surface area (Å²) in [5.74, 6) is -1.81. The van der Waals surface area contributed by atoms with E-state index in [9.17, 15) is 13.6 Å². The fraction of sp³-hybridized carbons (Fsp3) is 0.235. The van der Waals surface area contributed by atoms with Gasteiger partial charge in [-0.3, -0.25) is 4.79 Å². The van der Waals surface area contributed by atoms with E-state index in [2.05, 4.69) is 5.32 Å². The summed E-state index contributed by atoms with van der Waals surface area (Å²) in [6.45, 7) is 0.766. The average Bonchev–Trinajstić information content (AvgIpc) is 2.62. The van der Waals surface area contributed by atoms with E-state index >= 15 is 0 Å².